The summed E-state index contributed by atoms with van der Waals surface area (Å²) in [5.41, 5.74) is 1.44. The van der Waals surface area contributed by atoms with Crippen LogP contribution in [0.15, 0.2) is 5.51 Å². The molecule has 2 rings (SSSR count). The third kappa shape index (κ3) is 0.642. The first-order valence-corrected chi connectivity index (χ1v) is 3.93. The van der Waals surface area contributed by atoms with Gasteiger partial charge in [-0.15, -0.1) is 21.5 Å². The SMILES string of the molecule is N#CC1(c2nncs2)CC1. The molecule has 50 valence electrons. The molecule has 1 aromatic heterocycles. The summed E-state index contributed by atoms with van der Waals surface area (Å²) in [6, 6.07) is 2.26. The molecule has 0 atom stereocenters. The fourth-order valence-corrected chi connectivity index (χ4v) is 1.64. The summed E-state index contributed by atoms with van der Waals surface area (Å²) in [6.45, 7) is 0. The van der Waals surface area contributed by atoms with Crippen molar-refractivity contribution in [3.8, 4) is 6.07 Å². The van der Waals surface area contributed by atoms with Crippen LogP contribution in [0.25, 0.3) is 0 Å². The fraction of sp³-hybridized carbons (Fsp3) is 0.500. The topological polar surface area (TPSA) is 49.6 Å². The molecule has 0 N–H and O–H groups in total. The zero-order valence-electron chi connectivity index (χ0n) is 5.24. The van der Waals surface area contributed by atoms with Crippen molar-refractivity contribution in [3.05, 3.63) is 10.5 Å². The van der Waals surface area contributed by atoms with Crippen molar-refractivity contribution in [2.45, 2.75) is 18.3 Å². The van der Waals surface area contributed by atoms with Crippen LogP contribution in [0.1, 0.15) is 17.8 Å². The molecule has 1 aromatic rings. The van der Waals surface area contributed by atoms with E-state index >= 15 is 0 Å². The second-order valence-corrected chi connectivity index (χ2v) is 3.27. The highest BCUT2D eigenvalue weighted by Gasteiger charge is 2.47. The van der Waals surface area contributed by atoms with Crippen LogP contribution in [0, 0.1) is 11.3 Å². The molecule has 1 fully saturated rings. The molecule has 10 heavy (non-hydrogen) atoms. The minimum atomic E-state index is -0.235. The smallest absolute Gasteiger partial charge is 0.137 e. The van der Waals surface area contributed by atoms with Gasteiger partial charge in [-0.25, -0.2) is 0 Å². The van der Waals surface area contributed by atoms with E-state index in [4.69, 9.17) is 5.26 Å². The van der Waals surface area contributed by atoms with Gasteiger partial charge in [0.25, 0.3) is 0 Å². The molecular formula is C6H5N3S. The lowest BCUT2D eigenvalue weighted by molar-refractivity contribution is 0.853. The molecule has 0 aliphatic heterocycles. The molecule has 0 saturated heterocycles. The molecule has 1 aliphatic rings. The van der Waals surface area contributed by atoms with E-state index in [1.807, 2.05) is 0 Å². The van der Waals surface area contributed by atoms with Gasteiger partial charge >= 0.3 is 0 Å². The Morgan fingerprint density at radius 3 is 2.90 bits per heavy atom. The summed E-state index contributed by atoms with van der Waals surface area (Å²) in [4.78, 5) is 0. The van der Waals surface area contributed by atoms with Gasteiger partial charge in [0.2, 0.25) is 0 Å². The molecule has 0 aromatic carbocycles. The summed E-state index contributed by atoms with van der Waals surface area (Å²) < 4.78 is 0. The van der Waals surface area contributed by atoms with Gasteiger partial charge in [0.15, 0.2) is 0 Å². The second kappa shape index (κ2) is 1.77. The monoisotopic (exact) mass is 151 g/mol. The minimum absolute atomic E-state index is 0.235. The quantitative estimate of drug-likeness (QED) is 0.603. The summed E-state index contributed by atoms with van der Waals surface area (Å²) in [5, 5.41) is 17.2. The number of nitriles is 1. The third-order valence-corrected chi connectivity index (χ3v) is 2.63. The van der Waals surface area contributed by atoms with Crippen LogP contribution in [-0.2, 0) is 5.41 Å². The maximum absolute atomic E-state index is 8.72. The van der Waals surface area contributed by atoms with Gasteiger partial charge < -0.3 is 0 Å². The van der Waals surface area contributed by atoms with E-state index in [0.717, 1.165) is 17.8 Å². The lowest BCUT2D eigenvalue weighted by Crippen LogP contribution is -2.00. The van der Waals surface area contributed by atoms with Crippen LogP contribution < -0.4 is 0 Å². The Kier molecular flexibility index (Phi) is 1.03. The van der Waals surface area contributed by atoms with Gasteiger partial charge in [-0.3, -0.25) is 0 Å². The van der Waals surface area contributed by atoms with Crippen LogP contribution in [0.4, 0.5) is 0 Å². The molecule has 1 aliphatic carbocycles. The standard InChI is InChI=1S/C6H5N3S/c7-3-6(1-2-6)5-9-8-4-10-5/h4H,1-2H2. The first-order valence-electron chi connectivity index (χ1n) is 3.05. The van der Waals surface area contributed by atoms with Crippen molar-refractivity contribution in [3.63, 3.8) is 0 Å². The Bertz CT molecular complexity index is 268. The van der Waals surface area contributed by atoms with E-state index in [2.05, 4.69) is 16.3 Å². The molecule has 0 bridgehead atoms. The maximum Gasteiger partial charge on any atom is 0.137 e. The molecule has 0 radical (unpaired) electrons. The van der Waals surface area contributed by atoms with E-state index in [-0.39, 0.29) is 5.41 Å². The molecule has 1 saturated carbocycles. The highest BCUT2D eigenvalue weighted by molar-refractivity contribution is 7.09. The molecule has 4 heteroatoms. The van der Waals surface area contributed by atoms with Gasteiger partial charge in [-0.1, -0.05) is 0 Å². The largest absolute Gasteiger partial charge is 0.197 e. The summed E-state index contributed by atoms with van der Waals surface area (Å²) in [6.07, 6.45) is 1.91. The summed E-state index contributed by atoms with van der Waals surface area (Å²) in [7, 11) is 0. The molecule has 3 nitrogen and oxygen atoms in total. The first kappa shape index (κ1) is 5.81. The van der Waals surface area contributed by atoms with Crippen LogP contribution in [0.2, 0.25) is 0 Å². The third-order valence-electron chi connectivity index (χ3n) is 1.73. The van der Waals surface area contributed by atoms with Crippen molar-refractivity contribution in [2.75, 3.05) is 0 Å². The van der Waals surface area contributed by atoms with Crippen LogP contribution in [0.5, 0.6) is 0 Å². The summed E-state index contributed by atoms with van der Waals surface area (Å²) in [5.74, 6) is 0. The van der Waals surface area contributed by atoms with E-state index in [1.165, 1.54) is 11.3 Å². The average molecular weight is 151 g/mol. The van der Waals surface area contributed by atoms with Gasteiger partial charge in [0.05, 0.1) is 6.07 Å². The van der Waals surface area contributed by atoms with E-state index < -0.39 is 0 Å². The first-order chi connectivity index (χ1) is 4.87. The highest BCUT2D eigenvalue weighted by Crippen LogP contribution is 2.47. The molecule has 1 heterocycles. The zero-order valence-corrected chi connectivity index (χ0v) is 6.06. The molecule has 0 unspecified atom stereocenters. The van der Waals surface area contributed by atoms with E-state index in [1.54, 1.807) is 5.51 Å². The van der Waals surface area contributed by atoms with Crippen molar-refractivity contribution < 1.29 is 0 Å². The number of aromatic nitrogens is 2. The Hall–Kier alpha value is -0.950. The minimum Gasteiger partial charge on any atom is -0.197 e. The van der Waals surface area contributed by atoms with Crippen LogP contribution >= 0.6 is 11.3 Å². The van der Waals surface area contributed by atoms with E-state index in [0.29, 0.717) is 0 Å². The van der Waals surface area contributed by atoms with E-state index in [9.17, 15) is 0 Å². The highest BCUT2D eigenvalue weighted by atomic mass is 32.1. The predicted octanol–water partition coefficient (Wildman–Crippen LogP) is 1.09. The molecule has 0 amide bonds. The molecular weight excluding hydrogens is 146 g/mol. The van der Waals surface area contributed by atoms with Crippen molar-refractivity contribution in [2.24, 2.45) is 0 Å². The number of rotatable bonds is 1. The van der Waals surface area contributed by atoms with Crippen LogP contribution in [-0.4, -0.2) is 10.2 Å². The fourth-order valence-electron chi connectivity index (χ4n) is 0.880. The number of hydrogen-bond donors (Lipinski definition) is 0. The lowest BCUT2D eigenvalue weighted by Gasteiger charge is -1.94. The van der Waals surface area contributed by atoms with Gasteiger partial charge in [0.1, 0.15) is 15.9 Å². The Balaban J connectivity index is 2.38. The second-order valence-electron chi connectivity index (χ2n) is 2.44. The van der Waals surface area contributed by atoms with Crippen molar-refractivity contribution in [1.82, 2.24) is 10.2 Å². The zero-order chi connectivity index (χ0) is 7.03. The Morgan fingerprint density at radius 2 is 2.50 bits per heavy atom. The van der Waals surface area contributed by atoms with Gasteiger partial charge in [0, 0.05) is 0 Å². The number of hydrogen-bond acceptors (Lipinski definition) is 4. The average Bonchev–Trinajstić information content (AvgIpc) is 2.58. The Labute approximate surface area is 62.3 Å². The van der Waals surface area contributed by atoms with Gasteiger partial charge in [-0.05, 0) is 12.8 Å². The predicted molar refractivity (Wildman–Crippen MR) is 36.4 cm³/mol. The molecule has 0 spiro atoms. The maximum atomic E-state index is 8.72. The number of nitrogens with zero attached hydrogens (tertiary/aromatic N) is 3. The van der Waals surface area contributed by atoms with Gasteiger partial charge in [-0.2, -0.15) is 5.26 Å². The lowest BCUT2D eigenvalue weighted by atomic mass is 10.1. The normalized spacial score (nSPS) is 19.9. The van der Waals surface area contributed by atoms with Crippen molar-refractivity contribution in [1.29, 1.82) is 5.26 Å². The van der Waals surface area contributed by atoms with Crippen LogP contribution in [0.3, 0.4) is 0 Å². The summed E-state index contributed by atoms with van der Waals surface area (Å²) >= 11 is 1.47. The van der Waals surface area contributed by atoms with Crippen molar-refractivity contribution >= 4 is 11.3 Å². The Morgan fingerprint density at radius 1 is 1.70 bits per heavy atom.